The van der Waals surface area contributed by atoms with Crippen LogP contribution in [0.2, 0.25) is 0 Å². The van der Waals surface area contributed by atoms with Crippen molar-refractivity contribution in [2.24, 2.45) is 0 Å². The van der Waals surface area contributed by atoms with Crippen LogP contribution in [-0.2, 0) is 10.5 Å². The van der Waals surface area contributed by atoms with Crippen LogP contribution in [0.4, 0.5) is 11.4 Å². The molecular formula is C24H22N4O3S. The summed E-state index contributed by atoms with van der Waals surface area (Å²) in [7, 11) is 1.53. The number of ether oxygens (including phenoxy) is 1. The number of hydrogen-bond donors (Lipinski definition) is 2. The van der Waals surface area contributed by atoms with E-state index in [0.29, 0.717) is 22.7 Å². The molecule has 0 atom stereocenters. The number of nitrogens with one attached hydrogen (secondary N) is 2. The molecule has 2 amide bonds. The summed E-state index contributed by atoms with van der Waals surface area (Å²) >= 11 is 1.66. The minimum atomic E-state index is -0.264. The maximum Gasteiger partial charge on any atom is 0.255 e. The van der Waals surface area contributed by atoms with Gasteiger partial charge in [-0.2, -0.15) is 0 Å². The maximum absolute atomic E-state index is 12.7. The number of hydrogen-bond acceptors (Lipinski definition) is 5. The molecule has 0 bridgehead atoms. The van der Waals surface area contributed by atoms with Crippen LogP contribution in [0.1, 0.15) is 23.0 Å². The van der Waals surface area contributed by atoms with Crippen LogP contribution in [0, 0.1) is 0 Å². The molecule has 4 rings (SSSR count). The van der Waals surface area contributed by atoms with Crippen molar-refractivity contribution in [1.82, 2.24) is 9.38 Å². The van der Waals surface area contributed by atoms with Gasteiger partial charge in [0, 0.05) is 41.2 Å². The minimum absolute atomic E-state index is 0.191. The van der Waals surface area contributed by atoms with Crippen molar-refractivity contribution < 1.29 is 14.3 Å². The fraction of sp³-hybridized carbons (Fsp3) is 0.125. The highest BCUT2D eigenvalue weighted by Crippen LogP contribution is 2.29. The Balaban J connectivity index is 1.41. The number of aromatic nitrogens is 2. The van der Waals surface area contributed by atoms with E-state index < -0.39 is 0 Å². The van der Waals surface area contributed by atoms with E-state index in [-0.39, 0.29) is 11.8 Å². The second-order valence-corrected chi connectivity index (χ2v) is 8.11. The van der Waals surface area contributed by atoms with E-state index in [1.807, 2.05) is 47.1 Å². The van der Waals surface area contributed by atoms with E-state index in [0.717, 1.165) is 22.0 Å². The summed E-state index contributed by atoms with van der Waals surface area (Å²) in [6.07, 6.45) is 4.00. The van der Waals surface area contributed by atoms with E-state index in [4.69, 9.17) is 4.74 Å². The van der Waals surface area contributed by atoms with Crippen LogP contribution in [0.5, 0.6) is 5.75 Å². The van der Waals surface area contributed by atoms with Crippen LogP contribution in [0.25, 0.3) is 5.65 Å². The van der Waals surface area contributed by atoms with Gasteiger partial charge in [-0.25, -0.2) is 4.98 Å². The van der Waals surface area contributed by atoms with Crippen LogP contribution >= 0.6 is 11.8 Å². The molecule has 0 spiro atoms. The third-order valence-electron chi connectivity index (χ3n) is 4.69. The molecule has 2 heterocycles. The number of methoxy groups -OCH3 is 1. The van der Waals surface area contributed by atoms with Crippen molar-refractivity contribution in [3.8, 4) is 5.75 Å². The first-order valence-corrected chi connectivity index (χ1v) is 10.9. The minimum Gasteiger partial charge on any atom is -0.495 e. The Labute approximate surface area is 189 Å². The van der Waals surface area contributed by atoms with Crippen LogP contribution in [0.15, 0.2) is 78.0 Å². The van der Waals surface area contributed by atoms with Crippen LogP contribution < -0.4 is 15.4 Å². The molecular weight excluding hydrogens is 424 g/mol. The molecule has 0 unspecified atom stereocenters. The fourth-order valence-corrected chi connectivity index (χ4v) is 3.98. The average Bonchev–Trinajstić information content (AvgIpc) is 3.21. The van der Waals surface area contributed by atoms with Crippen molar-refractivity contribution in [1.29, 1.82) is 0 Å². The van der Waals surface area contributed by atoms with Gasteiger partial charge in [-0.3, -0.25) is 9.59 Å². The number of thioether (sulfide) groups is 1. The predicted molar refractivity (Wildman–Crippen MR) is 126 cm³/mol. The molecule has 0 aliphatic heterocycles. The zero-order chi connectivity index (χ0) is 22.5. The second-order valence-electron chi connectivity index (χ2n) is 7.06. The number of fused-ring (bicyclic) bond motifs is 1. The van der Waals surface area contributed by atoms with Gasteiger partial charge in [0.15, 0.2) is 0 Å². The summed E-state index contributed by atoms with van der Waals surface area (Å²) in [4.78, 5) is 29.7. The molecule has 162 valence electrons. The first-order valence-electron chi connectivity index (χ1n) is 9.94. The molecule has 4 aromatic rings. The van der Waals surface area contributed by atoms with Gasteiger partial charge in [-0.05, 0) is 54.6 Å². The van der Waals surface area contributed by atoms with Crippen molar-refractivity contribution in [3.05, 3.63) is 84.3 Å². The first kappa shape index (κ1) is 21.5. The molecule has 0 saturated heterocycles. The number of benzene rings is 2. The molecule has 2 N–H and O–H groups in total. The monoisotopic (exact) mass is 446 g/mol. The lowest BCUT2D eigenvalue weighted by Crippen LogP contribution is -2.13. The number of pyridine rings is 1. The maximum atomic E-state index is 12.7. The topological polar surface area (TPSA) is 84.7 Å². The number of anilines is 2. The third kappa shape index (κ3) is 5.09. The normalized spacial score (nSPS) is 10.7. The largest absolute Gasteiger partial charge is 0.495 e. The zero-order valence-corrected chi connectivity index (χ0v) is 18.5. The third-order valence-corrected chi connectivity index (χ3v) is 5.73. The Kier molecular flexibility index (Phi) is 6.42. The molecule has 7 nitrogen and oxygen atoms in total. The summed E-state index contributed by atoms with van der Waals surface area (Å²) in [6, 6.07) is 18.4. The van der Waals surface area contributed by atoms with Gasteiger partial charge >= 0.3 is 0 Å². The molecule has 2 aromatic heterocycles. The molecule has 0 aliphatic carbocycles. The molecule has 0 saturated carbocycles. The van der Waals surface area contributed by atoms with Gasteiger partial charge in [0.05, 0.1) is 18.5 Å². The fourth-order valence-electron chi connectivity index (χ4n) is 3.20. The van der Waals surface area contributed by atoms with Crippen molar-refractivity contribution >= 4 is 40.6 Å². The quantitative estimate of drug-likeness (QED) is 0.397. The Morgan fingerprint density at radius 2 is 1.88 bits per heavy atom. The summed E-state index contributed by atoms with van der Waals surface area (Å²) < 4.78 is 7.32. The Morgan fingerprint density at radius 3 is 2.59 bits per heavy atom. The SMILES string of the molecule is COc1ccc(NC(C)=O)cc1NC(=O)c1ccc(SCc2cn3ccccc3n2)cc1. The molecule has 8 heteroatoms. The standard InChI is InChI=1S/C24H22N4O3S/c1-16(29)25-18-8-11-22(31-2)21(13-18)27-24(30)17-6-9-20(10-7-17)32-15-19-14-28-12-4-3-5-23(28)26-19/h3-14H,15H2,1-2H3,(H,25,29)(H,27,30). The lowest BCUT2D eigenvalue weighted by Gasteiger charge is -2.12. The zero-order valence-electron chi connectivity index (χ0n) is 17.7. The molecule has 0 aliphatic rings. The summed E-state index contributed by atoms with van der Waals surface area (Å²) in [5.74, 6) is 0.789. The van der Waals surface area contributed by atoms with Gasteiger partial charge in [-0.1, -0.05) is 6.07 Å². The lowest BCUT2D eigenvalue weighted by atomic mass is 10.2. The Morgan fingerprint density at radius 1 is 1.06 bits per heavy atom. The predicted octanol–water partition coefficient (Wildman–Crippen LogP) is 4.85. The van der Waals surface area contributed by atoms with Gasteiger partial charge < -0.3 is 19.8 Å². The van der Waals surface area contributed by atoms with Gasteiger partial charge in [0.2, 0.25) is 5.91 Å². The molecule has 0 radical (unpaired) electrons. The summed E-state index contributed by atoms with van der Waals surface area (Å²) in [5.41, 5.74) is 3.50. The van der Waals surface area contributed by atoms with Crippen molar-refractivity contribution in [2.45, 2.75) is 17.6 Å². The highest BCUT2D eigenvalue weighted by atomic mass is 32.2. The van der Waals surface area contributed by atoms with Gasteiger partial charge in [-0.15, -0.1) is 11.8 Å². The number of amides is 2. The lowest BCUT2D eigenvalue weighted by molar-refractivity contribution is -0.114. The number of carbonyl (C=O) groups is 2. The van der Waals surface area contributed by atoms with Gasteiger partial charge in [0.1, 0.15) is 11.4 Å². The Hall–Kier alpha value is -3.78. The van der Waals surface area contributed by atoms with Crippen molar-refractivity contribution in [2.75, 3.05) is 17.7 Å². The van der Waals surface area contributed by atoms with Crippen LogP contribution in [-0.4, -0.2) is 28.3 Å². The van der Waals surface area contributed by atoms with E-state index in [2.05, 4.69) is 15.6 Å². The van der Waals surface area contributed by atoms with E-state index in [1.54, 1.807) is 42.1 Å². The number of carbonyl (C=O) groups excluding carboxylic acids is 2. The van der Waals surface area contributed by atoms with Crippen molar-refractivity contribution in [3.63, 3.8) is 0 Å². The smallest absolute Gasteiger partial charge is 0.255 e. The van der Waals surface area contributed by atoms with Crippen LogP contribution in [0.3, 0.4) is 0 Å². The molecule has 2 aromatic carbocycles. The summed E-state index contributed by atoms with van der Waals surface area (Å²) in [6.45, 7) is 1.43. The van der Waals surface area contributed by atoms with Gasteiger partial charge in [0.25, 0.3) is 5.91 Å². The highest BCUT2D eigenvalue weighted by molar-refractivity contribution is 7.98. The summed E-state index contributed by atoms with van der Waals surface area (Å²) in [5, 5.41) is 5.55. The highest BCUT2D eigenvalue weighted by Gasteiger charge is 2.12. The first-order chi connectivity index (χ1) is 15.5. The Bertz CT molecular complexity index is 1230. The molecule has 0 fully saturated rings. The number of rotatable bonds is 7. The number of imidazole rings is 1. The van der Waals surface area contributed by atoms with E-state index in [1.165, 1.54) is 14.0 Å². The average molecular weight is 447 g/mol. The van der Waals surface area contributed by atoms with E-state index in [9.17, 15) is 9.59 Å². The number of nitrogens with zero attached hydrogens (tertiary/aromatic N) is 2. The molecule has 32 heavy (non-hydrogen) atoms. The van der Waals surface area contributed by atoms with E-state index >= 15 is 0 Å². The second kappa shape index (κ2) is 9.57.